The number of nitrogens with one attached hydrogen (secondary N) is 1. The quantitative estimate of drug-likeness (QED) is 0.312. The maximum atomic E-state index is 12.5. The first-order valence-electron chi connectivity index (χ1n) is 10.2. The number of hydrogen-bond donors (Lipinski definition) is 1. The van der Waals surface area contributed by atoms with Crippen molar-refractivity contribution in [2.75, 3.05) is 6.61 Å². The summed E-state index contributed by atoms with van der Waals surface area (Å²) in [4.78, 5) is 32.8. The van der Waals surface area contributed by atoms with Crippen molar-refractivity contribution in [3.05, 3.63) is 79.5 Å². The first-order chi connectivity index (χ1) is 16.3. The number of nitro benzene ring substituents is 1. The number of aliphatic imine (C=N–C) groups is 1. The third kappa shape index (κ3) is 4.55. The average Bonchev–Trinajstić information content (AvgIpc) is 3.16. The molecule has 1 amide bonds. The second-order valence-corrected chi connectivity index (χ2v) is 8.11. The number of hydroxylamine groups is 2. The zero-order valence-electron chi connectivity index (χ0n) is 18.2. The molecule has 0 unspecified atom stereocenters. The summed E-state index contributed by atoms with van der Waals surface area (Å²) in [5.74, 6) is 0.829. The Hall–Kier alpha value is -3.99. The van der Waals surface area contributed by atoms with Crippen LogP contribution >= 0.6 is 15.9 Å². The number of rotatable bonds is 7. The van der Waals surface area contributed by atoms with Crippen LogP contribution < -0.4 is 9.47 Å². The van der Waals surface area contributed by atoms with Crippen LogP contribution in [0.1, 0.15) is 25.0 Å². The van der Waals surface area contributed by atoms with E-state index in [4.69, 9.17) is 19.7 Å². The molecule has 2 aromatic rings. The molecular formula is C23H19BrN4O6. The number of carbonyl (C=O) groups is 1. The molecular weight excluding hydrogens is 508 g/mol. The van der Waals surface area contributed by atoms with Crippen molar-refractivity contribution in [2.45, 2.75) is 20.5 Å². The van der Waals surface area contributed by atoms with E-state index in [9.17, 15) is 14.9 Å². The predicted molar refractivity (Wildman–Crippen MR) is 128 cm³/mol. The Kier molecular flexibility index (Phi) is 6.46. The molecule has 0 saturated heterocycles. The number of fused-ring (bicyclic) bond motifs is 1. The van der Waals surface area contributed by atoms with Gasteiger partial charge in [0.15, 0.2) is 23.2 Å². The average molecular weight is 527 g/mol. The van der Waals surface area contributed by atoms with Crippen LogP contribution in [0, 0.1) is 15.5 Å². The van der Waals surface area contributed by atoms with Gasteiger partial charge in [0.2, 0.25) is 0 Å². The van der Waals surface area contributed by atoms with E-state index < -0.39 is 10.8 Å². The minimum absolute atomic E-state index is 0.0407. The maximum Gasteiger partial charge on any atom is 0.282 e. The van der Waals surface area contributed by atoms with Crippen LogP contribution in [0.15, 0.2) is 63.3 Å². The Morgan fingerprint density at radius 1 is 1.29 bits per heavy atom. The van der Waals surface area contributed by atoms with Crippen molar-refractivity contribution in [3.63, 3.8) is 0 Å². The molecule has 0 bridgehead atoms. The summed E-state index contributed by atoms with van der Waals surface area (Å²) in [6.45, 7) is 3.80. The zero-order chi connectivity index (χ0) is 24.4. The first kappa shape index (κ1) is 23.2. The van der Waals surface area contributed by atoms with Crippen molar-refractivity contribution >= 4 is 45.3 Å². The van der Waals surface area contributed by atoms with Gasteiger partial charge in [-0.3, -0.25) is 20.3 Å². The highest BCUT2D eigenvalue weighted by atomic mass is 79.9. The standard InChI is InChI=1S/C23H19BrN4O6/c1-3-32-19-11-14(9-16-22(25)27-20(26-23(16)29)8-13(2)34-27)10-17(24)21(19)33-12-15-6-4-5-7-18(15)28(30)31/h4-11,25H,3,12H2,1-2H3/b16-9+,25-22?. The van der Waals surface area contributed by atoms with Gasteiger partial charge in [-0.1, -0.05) is 12.1 Å². The Morgan fingerprint density at radius 3 is 2.79 bits per heavy atom. The summed E-state index contributed by atoms with van der Waals surface area (Å²) in [6.07, 6.45) is 3.09. The highest BCUT2D eigenvalue weighted by Crippen LogP contribution is 2.39. The number of allylic oxidation sites excluding steroid dienone is 1. The van der Waals surface area contributed by atoms with Crippen molar-refractivity contribution in [2.24, 2.45) is 4.99 Å². The first-order valence-corrected chi connectivity index (χ1v) is 11.0. The van der Waals surface area contributed by atoms with Gasteiger partial charge in [0.25, 0.3) is 11.6 Å². The Labute approximate surface area is 202 Å². The molecule has 34 heavy (non-hydrogen) atoms. The molecule has 174 valence electrons. The molecule has 4 rings (SSSR count). The molecule has 0 radical (unpaired) electrons. The molecule has 2 aliphatic heterocycles. The summed E-state index contributed by atoms with van der Waals surface area (Å²) in [5, 5.41) is 20.8. The van der Waals surface area contributed by atoms with Gasteiger partial charge in [0, 0.05) is 12.1 Å². The highest BCUT2D eigenvalue weighted by molar-refractivity contribution is 9.10. The van der Waals surface area contributed by atoms with Gasteiger partial charge in [-0.2, -0.15) is 4.99 Å². The molecule has 0 aromatic heterocycles. The largest absolute Gasteiger partial charge is 0.490 e. The smallest absolute Gasteiger partial charge is 0.282 e. The number of para-hydroxylation sites is 1. The molecule has 1 N–H and O–H groups in total. The molecule has 0 atom stereocenters. The van der Waals surface area contributed by atoms with Gasteiger partial charge in [0.05, 0.1) is 27.1 Å². The number of nitrogens with zero attached hydrogens (tertiary/aromatic N) is 3. The van der Waals surface area contributed by atoms with Crippen molar-refractivity contribution < 1.29 is 24.0 Å². The molecule has 0 fully saturated rings. The van der Waals surface area contributed by atoms with Crippen LogP contribution in [-0.4, -0.2) is 34.2 Å². The minimum Gasteiger partial charge on any atom is -0.490 e. The molecule has 10 nitrogen and oxygen atoms in total. The number of benzene rings is 2. The zero-order valence-corrected chi connectivity index (χ0v) is 19.8. The third-order valence-electron chi connectivity index (χ3n) is 4.88. The van der Waals surface area contributed by atoms with E-state index in [0.29, 0.717) is 39.5 Å². The second kappa shape index (κ2) is 9.48. The van der Waals surface area contributed by atoms with Gasteiger partial charge in [-0.05, 0) is 59.6 Å². The molecule has 2 aliphatic rings. The van der Waals surface area contributed by atoms with Crippen LogP contribution in [0.25, 0.3) is 6.08 Å². The van der Waals surface area contributed by atoms with Crippen LogP contribution in [0.3, 0.4) is 0 Å². The monoisotopic (exact) mass is 526 g/mol. The molecule has 2 heterocycles. The molecule has 0 saturated carbocycles. The van der Waals surface area contributed by atoms with Crippen molar-refractivity contribution in [1.82, 2.24) is 5.06 Å². The number of halogens is 1. The van der Waals surface area contributed by atoms with Crippen LogP contribution in [-0.2, 0) is 16.2 Å². The number of hydrogen-bond acceptors (Lipinski definition) is 7. The van der Waals surface area contributed by atoms with Crippen LogP contribution in [0.4, 0.5) is 5.69 Å². The molecule has 0 aliphatic carbocycles. The lowest BCUT2D eigenvalue weighted by Crippen LogP contribution is -2.38. The van der Waals surface area contributed by atoms with E-state index in [1.165, 1.54) is 17.2 Å². The van der Waals surface area contributed by atoms with Gasteiger partial charge >= 0.3 is 0 Å². The molecule has 11 heteroatoms. The van der Waals surface area contributed by atoms with Gasteiger partial charge in [-0.25, -0.2) is 0 Å². The Balaban J connectivity index is 1.64. The summed E-state index contributed by atoms with van der Waals surface area (Å²) >= 11 is 3.46. The minimum atomic E-state index is -0.559. The SMILES string of the molecule is CCOc1cc(/C=C2\C(=N)N3OC(C)=CC3=NC2=O)cc(Br)c1OCc1ccccc1[N+](=O)[O-]. The Bertz CT molecular complexity index is 1300. The predicted octanol–water partition coefficient (Wildman–Crippen LogP) is 4.79. The lowest BCUT2D eigenvalue weighted by molar-refractivity contribution is -0.385. The van der Waals surface area contributed by atoms with E-state index in [1.807, 2.05) is 6.92 Å². The number of ether oxygens (including phenoxy) is 2. The normalized spacial score (nSPS) is 16.1. The van der Waals surface area contributed by atoms with Gasteiger partial charge in [0.1, 0.15) is 12.4 Å². The van der Waals surface area contributed by atoms with E-state index in [0.717, 1.165) is 0 Å². The third-order valence-corrected chi connectivity index (χ3v) is 5.47. The van der Waals surface area contributed by atoms with Crippen molar-refractivity contribution in [3.8, 4) is 11.5 Å². The van der Waals surface area contributed by atoms with E-state index in [-0.39, 0.29) is 29.5 Å². The number of amides is 1. The summed E-state index contributed by atoms with van der Waals surface area (Å²) in [7, 11) is 0. The van der Waals surface area contributed by atoms with E-state index in [2.05, 4.69) is 20.9 Å². The topological polar surface area (TPSA) is 127 Å². The Morgan fingerprint density at radius 2 is 2.06 bits per heavy atom. The van der Waals surface area contributed by atoms with Gasteiger partial charge in [-0.15, -0.1) is 5.06 Å². The second-order valence-electron chi connectivity index (χ2n) is 7.26. The molecule has 0 spiro atoms. The lowest BCUT2D eigenvalue weighted by atomic mass is 10.1. The molecule has 2 aromatic carbocycles. The summed E-state index contributed by atoms with van der Waals surface area (Å²) in [5.41, 5.74) is 0.984. The van der Waals surface area contributed by atoms with E-state index in [1.54, 1.807) is 43.3 Å². The highest BCUT2D eigenvalue weighted by Gasteiger charge is 2.34. The lowest BCUT2D eigenvalue weighted by Gasteiger charge is -2.23. The summed E-state index contributed by atoms with van der Waals surface area (Å²) < 4.78 is 12.1. The fraction of sp³-hybridized carbons (Fsp3) is 0.174. The number of amidine groups is 2. The van der Waals surface area contributed by atoms with E-state index >= 15 is 0 Å². The number of carbonyl (C=O) groups excluding carboxylic acids is 1. The van der Waals surface area contributed by atoms with Gasteiger partial charge < -0.3 is 14.3 Å². The van der Waals surface area contributed by atoms with Crippen LogP contribution in [0.5, 0.6) is 11.5 Å². The van der Waals surface area contributed by atoms with Crippen molar-refractivity contribution in [1.29, 1.82) is 5.41 Å². The summed E-state index contributed by atoms with van der Waals surface area (Å²) in [6, 6.07) is 9.68. The number of nitro groups is 1. The fourth-order valence-electron chi connectivity index (χ4n) is 3.40. The van der Waals surface area contributed by atoms with Crippen LogP contribution in [0.2, 0.25) is 0 Å². The fourth-order valence-corrected chi connectivity index (χ4v) is 3.98. The maximum absolute atomic E-state index is 12.5.